The zero-order chi connectivity index (χ0) is 9.35. The molecule has 1 saturated carbocycles. The molecular formula is C11H21Cl. The quantitative estimate of drug-likeness (QED) is 0.587. The Labute approximate surface area is 81.7 Å². The molecule has 0 aliphatic heterocycles. The highest BCUT2D eigenvalue weighted by Crippen LogP contribution is 2.60. The standard InChI is InChI=1S/C11H21Cl/c1-5-8(2)10(4)11(7-12)6-9(11)3/h8-10H,5-7H2,1-4H3. The zero-order valence-corrected chi connectivity index (χ0v) is 9.49. The van der Waals surface area contributed by atoms with Gasteiger partial charge in [-0.1, -0.05) is 34.1 Å². The molecule has 1 rings (SSSR count). The maximum absolute atomic E-state index is 6.05. The van der Waals surface area contributed by atoms with Crippen LogP contribution >= 0.6 is 11.6 Å². The van der Waals surface area contributed by atoms with Crippen LogP contribution in [0.3, 0.4) is 0 Å². The van der Waals surface area contributed by atoms with Gasteiger partial charge in [0.05, 0.1) is 0 Å². The number of rotatable bonds is 4. The summed E-state index contributed by atoms with van der Waals surface area (Å²) in [6.45, 7) is 9.33. The molecule has 12 heavy (non-hydrogen) atoms. The molecule has 0 radical (unpaired) electrons. The fourth-order valence-corrected chi connectivity index (χ4v) is 2.99. The van der Waals surface area contributed by atoms with Crippen molar-refractivity contribution < 1.29 is 0 Å². The molecule has 0 nitrogen and oxygen atoms in total. The third-order valence-electron chi connectivity index (χ3n) is 4.16. The molecule has 1 heteroatoms. The molecule has 4 atom stereocenters. The van der Waals surface area contributed by atoms with Crippen LogP contribution in [0.1, 0.15) is 40.5 Å². The van der Waals surface area contributed by atoms with Crippen molar-refractivity contribution >= 4 is 11.6 Å². The van der Waals surface area contributed by atoms with Crippen LogP contribution in [0.25, 0.3) is 0 Å². The van der Waals surface area contributed by atoms with E-state index in [1.54, 1.807) is 0 Å². The number of hydrogen-bond acceptors (Lipinski definition) is 0. The Morgan fingerprint density at radius 3 is 2.25 bits per heavy atom. The van der Waals surface area contributed by atoms with E-state index in [-0.39, 0.29) is 0 Å². The Kier molecular flexibility index (Phi) is 3.09. The minimum Gasteiger partial charge on any atom is -0.126 e. The van der Waals surface area contributed by atoms with Gasteiger partial charge in [0.15, 0.2) is 0 Å². The van der Waals surface area contributed by atoms with Gasteiger partial charge in [0.25, 0.3) is 0 Å². The first-order valence-electron chi connectivity index (χ1n) is 5.14. The van der Waals surface area contributed by atoms with Gasteiger partial charge in [0.1, 0.15) is 0 Å². The van der Waals surface area contributed by atoms with Gasteiger partial charge in [-0.15, -0.1) is 11.6 Å². The maximum atomic E-state index is 6.05. The molecule has 1 fully saturated rings. The Morgan fingerprint density at radius 2 is 2.00 bits per heavy atom. The van der Waals surface area contributed by atoms with Crippen LogP contribution < -0.4 is 0 Å². The third kappa shape index (κ3) is 1.51. The van der Waals surface area contributed by atoms with E-state index < -0.39 is 0 Å². The van der Waals surface area contributed by atoms with Crippen molar-refractivity contribution in [2.75, 3.05) is 5.88 Å². The predicted octanol–water partition coefficient (Wildman–Crippen LogP) is 3.93. The summed E-state index contributed by atoms with van der Waals surface area (Å²) in [6, 6.07) is 0. The minimum atomic E-state index is 0.497. The molecule has 72 valence electrons. The molecule has 0 bridgehead atoms. The molecule has 1 aliphatic rings. The minimum absolute atomic E-state index is 0.497. The lowest BCUT2D eigenvalue weighted by molar-refractivity contribution is 0.241. The Balaban J connectivity index is 2.56. The summed E-state index contributed by atoms with van der Waals surface area (Å²) < 4.78 is 0. The van der Waals surface area contributed by atoms with E-state index in [4.69, 9.17) is 11.6 Å². The molecule has 1 aliphatic carbocycles. The summed E-state index contributed by atoms with van der Waals surface area (Å²) in [7, 11) is 0. The van der Waals surface area contributed by atoms with Crippen LogP contribution in [-0.4, -0.2) is 5.88 Å². The largest absolute Gasteiger partial charge is 0.126 e. The first-order chi connectivity index (χ1) is 5.58. The molecule has 0 N–H and O–H groups in total. The van der Waals surface area contributed by atoms with Crippen molar-refractivity contribution in [3.8, 4) is 0 Å². The number of halogens is 1. The fourth-order valence-electron chi connectivity index (χ4n) is 2.37. The van der Waals surface area contributed by atoms with E-state index in [0.29, 0.717) is 5.41 Å². The van der Waals surface area contributed by atoms with Crippen LogP contribution in [0.2, 0.25) is 0 Å². The van der Waals surface area contributed by atoms with Gasteiger partial charge in [-0.3, -0.25) is 0 Å². The summed E-state index contributed by atoms with van der Waals surface area (Å²) >= 11 is 6.05. The molecule has 0 heterocycles. The van der Waals surface area contributed by atoms with Crippen molar-refractivity contribution in [1.29, 1.82) is 0 Å². The molecule has 0 saturated heterocycles. The van der Waals surface area contributed by atoms with E-state index in [2.05, 4.69) is 27.7 Å². The number of hydrogen-bond donors (Lipinski definition) is 0. The Hall–Kier alpha value is 0.290. The lowest BCUT2D eigenvalue weighted by Crippen LogP contribution is -2.23. The van der Waals surface area contributed by atoms with E-state index in [9.17, 15) is 0 Å². The first-order valence-corrected chi connectivity index (χ1v) is 5.68. The smallest absolute Gasteiger partial charge is 0.0285 e. The normalized spacial score (nSPS) is 39.2. The highest BCUT2D eigenvalue weighted by atomic mass is 35.5. The van der Waals surface area contributed by atoms with Crippen molar-refractivity contribution in [3.63, 3.8) is 0 Å². The SMILES string of the molecule is CCC(C)C(C)C1(CCl)CC1C. The van der Waals surface area contributed by atoms with Crippen molar-refractivity contribution in [2.24, 2.45) is 23.2 Å². The van der Waals surface area contributed by atoms with Crippen molar-refractivity contribution in [3.05, 3.63) is 0 Å². The van der Waals surface area contributed by atoms with Gasteiger partial charge < -0.3 is 0 Å². The second kappa shape index (κ2) is 3.57. The lowest BCUT2D eigenvalue weighted by Gasteiger charge is -2.27. The second-order valence-electron chi connectivity index (χ2n) is 4.65. The summed E-state index contributed by atoms with van der Waals surface area (Å²) in [4.78, 5) is 0. The van der Waals surface area contributed by atoms with Crippen LogP contribution in [0, 0.1) is 23.2 Å². The van der Waals surface area contributed by atoms with Crippen LogP contribution in [0.4, 0.5) is 0 Å². The fraction of sp³-hybridized carbons (Fsp3) is 1.00. The van der Waals surface area contributed by atoms with Gasteiger partial charge in [-0.2, -0.15) is 0 Å². The van der Waals surface area contributed by atoms with E-state index in [1.807, 2.05) is 0 Å². The monoisotopic (exact) mass is 188 g/mol. The Morgan fingerprint density at radius 1 is 1.50 bits per heavy atom. The molecule has 0 aromatic rings. The Bertz CT molecular complexity index is 151. The third-order valence-corrected chi connectivity index (χ3v) is 4.66. The molecule has 0 aromatic carbocycles. The molecule has 0 aromatic heterocycles. The average Bonchev–Trinajstić information content (AvgIpc) is 2.75. The summed E-state index contributed by atoms with van der Waals surface area (Å²) in [5, 5.41) is 0. The maximum Gasteiger partial charge on any atom is 0.0285 e. The molecule has 4 unspecified atom stereocenters. The second-order valence-corrected chi connectivity index (χ2v) is 4.91. The predicted molar refractivity (Wildman–Crippen MR) is 55.6 cm³/mol. The van der Waals surface area contributed by atoms with Gasteiger partial charge in [-0.05, 0) is 29.6 Å². The zero-order valence-electron chi connectivity index (χ0n) is 8.73. The van der Waals surface area contributed by atoms with E-state index in [1.165, 1.54) is 12.8 Å². The number of alkyl halides is 1. The highest BCUT2D eigenvalue weighted by molar-refractivity contribution is 6.18. The summed E-state index contributed by atoms with van der Waals surface area (Å²) in [6.07, 6.45) is 2.63. The van der Waals surface area contributed by atoms with Gasteiger partial charge in [0, 0.05) is 5.88 Å². The molecular weight excluding hydrogens is 168 g/mol. The van der Waals surface area contributed by atoms with Crippen LogP contribution in [0.5, 0.6) is 0 Å². The summed E-state index contributed by atoms with van der Waals surface area (Å²) in [5.41, 5.74) is 0.497. The first kappa shape index (κ1) is 10.4. The van der Waals surface area contributed by atoms with Gasteiger partial charge in [-0.25, -0.2) is 0 Å². The molecule has 0 amide bonds. The van der Waals surface area contributed by atoms with Crippen molar-refractivity contribution in [2.45, 2.75) is 40.5 Å². The van der Waals surface area contributed by atoms with E-state index in [0.717, 1.165) is 23.6 Å². The summed E-state index contributed by atoms with van der Waals surface area (Å²) in [5.74, 6) is 3.35. The van der Waals surface area contributed by atoms with Crippen molar-refractivity contribution in [1.82, 2.24) is 0 Å². The van der Waals surface area contributed by atoms with Gasteiger partial charge >= 0.3 is 0 Å². The lowest BCUT2D eigenvalue weighted by atomic mass is 9.80. The van der Waals surface area contributed by atoms with Gasteiger partial charge in [0.2, 0.25) is 0 Å². The topological polar surface area (TPSA) is 0 Å². The van der Waals surface area contributed by atoms with Crippen LogP contribution in [-0.2, 0) is 0 Å². The van der Waals surface area contributed by atoms with Crippen LogP contribution in [0.15, 0.2) is 0 Å². The highest BCUT2D eigenvalue weighted by Gasteiger charge is 2.54. The average molecular weight is 189 g/mol. The molecule has 0 spiro atoms. The van der Waals surface area contributed by atoms with E-state index >= 15 is 0 Å².